The minimum atomic E-state index is -0.299. The standard InChI is InChI=1S/C20H21Cl2N3O3/c1-4-25-13(3)16(10-23-25)12(2)24-20(26)19-8-6-15(28-19)11-27-18-7-5-14(21)9-17(18)22/h5-10,12H,4,11H2,1-3H3,(H,24,26). The topological polar surface area (TPSA) is 69.3 Å². The summed E-state index contributed by atoms with van der Waals surface area (Å²) < 4.78 is 13.1. The Kier molecular flexibility index (Phi) is 6.31. The number of aromatic nitrogens is 2. The van der Waals surface area contributed by atoms with Crippen LogP contribution in [0.2, 0.25) is 10.0 Å². The Morgan fingerprint density at radius 1 is 1.32 bits per heavy atom. The van der Waals surface area contributed by atoms with Gasteiger partial charge in [0.1, 0.15) is 18.1 Å². The summed E-state index contributed by atoms with van der Waals surface area (Å²) in [4.78, 5) is 12.5. The fourth-order valence-corrected chi connectivity index (χ4v) is 3.33. The van der Waals surface area contributed by atoms with Gasteiger partial charge in [-0.25, -0.2) is 0 Å². The zero-order chi connectivity index (χ0) is 20.3. The Morgan fingerprint density at radius 3 is 2.79 bits per heavy atom. The van der Waals surface area contributed by atoms with Crippen molar-refractivity contribution in [1.82, 2.24) is 15.1 Å². The zero-order valence-electron chi connectivity index (χ0n) is 15.8. The van der Waals surface area contributed by atoms with Crippen molar-refractivity contribution in [1.29, 1.82) is 0 Å². The number of nitrogens with zero attached hydrogens (tertiary/aromatic N) is 2. The van der Waals surface area contributed by atoms with Crippen LogP contribution < -0.4 is 10.1 Å². The predicted molar refractivity (Wildman–Crippen MR) is 108 cm³/mol. The SMILES string of the molecule is CCn1ncc(C(C)NC(=O)c2ccc(COc3ccc(Cl)cc3Cl)o2)c1C. The van der Waals surface area contributed by atoms with Gasteiger partial charge in [-0.15, -0.1) is 0 Å². The molecule has 1 unspecified atom stereocenters. The van der Waals surface area contributed by atoms with E-state index in [2.05, 4.69) is 10.4 Å². The number of carbonyl (C=O) groups excluding carboxylic acids is 1. The van der Waals surface area contributed by atoms with E-state index in [-0.39, 0.29) is 24.3 Å². The van der Waals surface area contributed by atoms with Gasteiger partial charge in [-0.05, 0) is 51.1 Å². The Bertz CT molecular complexity index is 981. The molecule has 1 atom stereocenters. The van der Waals surface area contributed by atoms with Crippen LogP contribution in [0.15, 0.2) is 40.9 Å². The number of ether oxygens (including phenoxy) is 1. The van der Waals surface area contributed by atoms with Crippen molar-refractivity contribution in [2.45, 2.75) is 40.0 Å². The molecular weight excluding hydrogens is 401 g/mol. The highest BCUT2D eigenvalue weighted by molar-refractivity contribution is 6.35. The third-order valence-corrected chi connectivity index (χ3v) is 4.93. The molecule has 0 radical (unpaired) electrons. The van der Waals surface area contributed by atoms with Crippen molar-refractivity contribution in [2.75, 3.05) is 0 Å². The number of nitrogens with one attached hydrogen (secondary N) is 1. The lowest BCUT2D eigenvalue weighted by Gasteiger charge is -2.13. The van der Waals surface area contributed by atoms with Crippen molar-refractivity contribution in [3.8, 4) is 5.75 Å². The van der Waals surface area contributed by atoms with E-state index in [0.29, 0.717) is 21.6 Å². The fraction of sp³-hybridized carbons (Fsp3) is 0.300. The monoisotopic (exact) mass is 421 g/mol. The van der Waals surface area contributed by atoms with Crippen molar-refractivity contribution >= 4 is 29.1 Å². The van der Waals surface area contributed by atoms with E-state index in [1.165, 1.54) is 0 Å². The van der Waals surface area contributed by atoms with Crippen LogP contribution in [0.4, 0.5) is 0 Å². The third-order valence-electron chi connectivity index (χ3n) is 4.40. The largest absolute Gasteiger partial charge is 0.484 e. The molecule has 8 heteroatoms. The Morgan fingerprint density at radius 2 is 2.11 bits per heavy atom. The smallest absolute Gasteiger partial charge is 0.287 e. The maximum atomic E-state index is 12.5. The molecule has 2 aromatic heterocycles. The van der Waals surface area contributed by atoms with Gasteiger partial charge in [-0.3, -0.25) is 9.48 Å². The Labute approximate surface area is 173 Å². The van der Waals surface area contributed by atoms with Crippen molar-refractivity contribution in [3.05, 3.63) is 69.4 Å². The van der Waals surface area contributed by atoms with Crippen LogP contribution in [-0.2, 0) is 13.2 Å². The highest BCUT2D eigenvalue weighted by atomic mass is 35.5. The molecule has 28 heavy (non-hydrogen) atoms. The molecule has 1 N–H and O–H groups in total. The highest BCUT2D eigenvalue weighted by Gasteiger charge is 2.18. The molecular formula is C20H21Cl2N3O3. The third kappa shape index (κ3) is 4.51. The van der Waals surface area contributed by atoms with E-state index < -0.39 is 0 Å². The number of amides is 1. The average Bonchev–Trinajstić information content (AvgIpc) is 3.27. The van der Waals surface area contributed by atoms with Crippen LogP contribution in [0.1, 0.15) is 47.5 Å². The quantitative estimate of drug-likeness (QED) is 0.570. The molecule has 0 saturated carbocycles. The minimum Gasteiger partial charge on any atom is -0.484 e. The summed E-state index contributed by atoms with van der Waals surface area (Å²) >= 11 is 11.9. The number of hydrogen-bond donors (Lipinski definition) is 1. The van der Waals surface area contributed by atoms with Gasteiger partial charge in [0.05, 0.1) is 17.3 Å². The fourth-order valence-electron chi connectivity index (χ4n) is 2.87. The van der Waals surface area contributed by atoms with Crippen LogP contribution in [0.5, 0.6) is 5.75 Å². The lowest BCUT2D eigenvalue weighted by Crippen LogP contribution is -2.26. The number of hydrogen-bond acceptors (Lipinski definition) is 4. The summed E-state index contributed by atoms with van der Waals surface area (Å²) in [7, 11) is 0. The molecule has 0 saturated heterocycles. The molecule has 0 aliphatic rings. The second-order valence-electron chi connectivity index (χ2n) is 6.33. The molecule has 148 valence electrons. The molecule has 0 bridgehead atoms. The van der Waals surface area contributed by atoms with Crippen LogP contribution in [0.25, 0.3) is 0 Å². The molecule has 3 aromatic rings. The van der Waals surface area contributed by atoms with Crippen LogP contribution in [0, 0.1) is 6.92 Å². The van der Waals surface area contributed by atoms with Crippen LogP contribution in [-0.4, -0.2) is 15.7 Å². The molecule has 0 aliphatic heterocycles. The maximum absolute atomic E-state index is 12.5. The Hall–Kier alpha value is -2.44. The average molecular weight is 422 g/mol. The van der Waals surface area contributed by atoms with E-state index in [0.717, 1.165) is 17.8 Å². The first-order valence-corrected chi connectivity index (χ1v) is 9.64. The van der Waals surface area contributed by atoms with Gasteiger partial charge in [-0.2, -0.15) is 5.10 Å². The summed E-state index contributed by atoms with van der Waals surface area (Å²) in [5, 5.41) is 8.18. The molecule has 0 spiro atoms. The zero-order valence-corrected chi connectivity index (χ0v) is 17.3. The molecule has 6 nitrogen and oxygen atoms in total. The molecule has 3 rings (SSSR count). The van der Waals surface area contributed by atoms with Crippen LogP contribution in [0.3, 0.4) is 0 Å². The van der Waals surface area contributed by atoms with Gasteiger partial charge < -0.3 is 14.5 Å². The summed E-state index contributed by atoms with van der Waals surface area (Å²) in [5.74, 6) is 0.921. The van der Waals surface area contributed by atoms with Crippen LogP contribution >= 0.6 is 23.2 Å². The molecule has 1 aromatic carbocycles. The number of aryl methyl sites for hydroxylation is 1. The number of halogens is 2. The Balaban J connectivity index is 1.61. The summed E-state index contributed by atoms with van der Waals surface area (Å²) in [6.07, 6.45) is 1.78. The number of carbonyl (C=O) groups is 1. The summed E-state index contributed by atoms with van der Waals surface area (Å²) in [6.45, 7) is 6.85. The molecule has 0 aliphatic carbocycles. The minimum absolute atomic E-state index is 0.145. The first-order valence-electron chi connectivity index (χ1n) is 8.88. The van der Waals surface area contributed by atoms with Gasteiger partial charge in [0.25, 0.3) is 5.91 Å². The normalized spacial score (nSPS) is 12.0. The number of benzene rings is 1. The van der Waals surface area contributed by atoms with Gasteiger partial charge >= 0.3 is 0 Å². The van der Waals surface area contributed by atoms with Crippen molar-refractivity contribution in [3.63, 3.8) is 0 Å². The van der Waals surface area contributed by atoms with Gasteiger partial charge in [-0.1, -0.05) is 23.2 Å². The van der Waals surface area contributed by atoms with Gasteiger partial charge in [0.2, 0.25) is 0 Å². The molecule has 0 fully saturated rings. The lowest BCUT2D eigenvalue weighted by molar-refractivity contribution is 0.0907. The van der Waals surface area contributed by atoms with E-state index in [4.69, 9.17) is 32.4 Å². The van der Waals surface area contributed by atoms with E-state index in [1.54, 1.807) is 36.5 Å². The number of furan rings is 1. The second kappa shape index (κ2) is 8.71. The predicted octanol–water partition coefficient (Wildman–Crippen LogP) is 5.18. The molecule has 2 heterocycles. The van der Waals surface area contributed by atoms with Crippen molar-refractivity contribution < 1.29 is 13.9 Å². The van der Waals surface area contributed by atoms with E-state index >= 15 is 0 Å². The summed E-state index contributed by atoms with van der Waals surface area (Å²) in [5.41, 5.74) is 2.01. The van der Waals surface area contributed by atoms with E-state index in [9.17, 15) is 4.79 Å². The van der Waals surface area contributed by atoms with Gasteiger partial charge in [0, 0.05) is 22.8 Å². The highest BCUT2D eigenvalue weighted by Crippen LogP contribution is 2.28. The first-order chi connectivity index (χ1) is 13.4. The van der Waals surface area contributed by atoms with Crippen molar-refractivity contribution in [2.24, 2.45) is 0 Å². The first kappa shape index (κ1) is 20.3. The number of rotatable bonds is 7. The second-order valence-corrected chi connectivity index (χ2v) is 7.17. The van der Waals surface area contributed by atoms with E-state index in [1.807, 2.05) is 25.5 Å². The maximum Gasteiger partial charge on any atom is 0.287 e. The lowest BCUT2D eigenvalue weighted by atomic mass is 10.1. The van der Waals surface area contributed by atoms with Gasteiger partial charge in [0.15, 0.2) is 5.76 Å². The summed E-state index contributed by atoms with van der Waals surface area (Å²) in [6, 6.07) is 8.10. The molecule has 1 amide bonds.